The lowest BCUT2D eigenvalue weighted by Gasteiger charge is -2.12. The maximum absolute atomic E-state index is 12.9. The first kappa shape index (κ1) is 19.2. The van der Waals surface area contributed by atoms with E-state index < -0.39 is 34.6 Å². The first-order chi connectivity index (χ1) is 11.5. The number of nitrogens with zero attached hydrogens (tertiary/aromatic N) is 2. The fourth-order valence-corrected chi connectivity index (χ4v) is 2.80. The average Bonchev–Trinajstić information content (AvgIpc) is 2.76. The van der Waals surface area contributed by atoms with Crippen LogP contribution in [0.25, 0.3) is 0 Å². The average molecular weight is 428 g/mol. The number of ether oxygens (including phenoxy) is 1. The van der Waals surface area contributed by atoms with Gasteiger partial charge in [-0.2, -0.15) is 27.1 Å². The molecule has 0 fully saturated rings. The second kappa shape index (κ2) is 6.98. The molecular weight excluding hydrogens is 417 g/mol. The van der Waals surface area contributed by atoms with Gasteiger partial charge >= 0.3 is 12.8 Å². The number of carbonyl (C=O) groups excluding carboxylic acids is 1. The minimum Gasteiger partial charge on any atom is -0.433 e. The maximum atomic E-state index is 12.9. The van der Waals surface area contributed by atoms with E-state index in [2.05, 4.69) is 31.1 Å². The smallest absolute Gasteiger partial charge is 0.433 e. The number of aryl methyl sites for hydroxylation is 2. The summed E-state index contributed by atoms with van der Waals surface area (Å²) in [5, 5.41) is 5.75. The van der Waals surface area contributed by atoms with Crippen LogP contribution in [0.2, 0.25) is 0 Å². The van der Waals surface area contributed by atoms with Crippen LogP contribution < -0.4 is 10.1 Å². The molecule has 0 aliphatic rings. The van der Waals surface area contributed by atoms with Crippen molar-refractivity contribution in [1.29, 1.82) is 0 Å². The third kappa shape index (κ3) is 4.27. The number of benzene rings is 1. The molecule has 2 rings (SSSR count). The number of carbonyl (C=O) groups is 1. The number of rotatable bonds is 4. The van der Waals surface area contributed by atoms with E-state index >= 15 is 0 Å². The number of amides is 1. The van der Waals surface area contributed by atoms with Crippen LogP contribution in [-0.4, -0.2) is 22.3 Å². The fourth-order valence-electron chi connectivity index (χ4n) is 2.06. The molecule has 1 aromatic heterocycles. The number of anilines is 1. The standard InChI is InChI=1S/C14H11BrF5N3O2/c1-6-3-4-7(8(5-6)25-13(16)17)21-12(24)10-9(15)11(14(18,19)20)23(2)22-10/h3-5,13H,1-2H3,(H,21,24). The van der Waals surface area contributed by atoms with Crippen LogP contribution in [0.1, 0.15) is 21.7 Å². The molecule has 1 N–H and O–H groups in total. The van der Waals surface area contributed by atoms with Gasteiger partial charge in [0.25, 0.3) is 5.91 Å². The molecule has 1 amide bonds. The normalized spacial score (nSPS) is 11.7. The van der Waals surface area contributed by atoms with Crippen LogP contribution in [0.4, 0.5) is 27.6 Å². The molecule has 0 saturated carbocycles. The van der Waals surface area contributed by atoms with Crippen molar-refractivity contribution in [2.75, 3.05) is 5.32 Å². The number of nitrogens with one attached hydrogen (secondary N) is 1. The maximum Gasteiger partial charge on any atom is 0.434 e. The number of halogens is 6. The molecule has 0 atom stereocenters. The molecule has 0 radical (unpaired) electrons. The van der Waals surface area contributed by atoms with E-state index in [1.807, 2.05) is 0 Å². The summed E-state index contributed by atoms with van der Waals surface area (Å²) in [5.74, 6) is -1.33. The van der Waals surface area contributed by atoms with Gasteiger partial charge in [-0.15, -0.1) is 0 Å². The predicted molar refractivity (Wildman–Crippen MR) is 81.7 cm³/mol. The van der Waals surface area contributed by atoms with E-state index in [1.54, 1.807) is 6.92 Å². The summed E-state index contributed by atoms with van der Waals surface area (Å²) in [4.78, 5) is 12.2. The van der Waals surface area contributed by atoms with E-state index in [4.69, 9.17) is 0 Å². The zero-order chi connectivity index (χ0) is 18.9. The van der Waals surface area contributed by atoms with E-state index in [-0.39, 0.29) is 11.4 Å². The van der Waals surface area contributed by atoms with Crippen molar-refractivity contribution in [2.24, 2.45) is 7.05 Å². The third-order valence-electron chi connectivity index (χ3n) is 3.07. The Kier molecular flexibility index (Phi) is 5.35. The van der Waals surface area contributed by atoms with Gasteiger partial charge in [-0.25, -0.2) is 0 Å². The summed E-state index contributed by atoms with van der Waals surface area (Å²) in [6.45, 7) is -1.51. The number of aromatic nitrogens is 2. The molecule has 136 valence electrons. The van der Waals surface area contributed by atoms with Crippen molar-refractivity contribution in [2.45, 2.75) is 19.7 Å². The first-order valence-electron chi connectivity index (χ1n) is 6.67. The molecule has 0 spiro atoms. The molecule has 0 aliphatic carbocycles. The van der Waals surface area contributed by atoms with E-state index in [9.17, 15) is 26.7 Å². The van der Waals surface area contributed by atoms with Crippen molar-refractivity contribution >= 4 is 27.5 Å². The predicted octanol–water partition coefficient (Wildman–Crippen LogP) is 4.36. The second-order valence-electron chi connectivity index (χ2n) is 4.96. The molecular formula is C14H11BrF5N3O2. The van der Waals surface area contributed by atoms with Gasteiger partial charge in [-0.1, -0.05) is 6.07 Å². The van der Waals surface area contributed by atoms with Gasteiger partial charge < -0.3 is 10.1 Å². The van der Waals surface area contributed by atoms with Crippen molar-refractivity contribution < 1.29 is 31.5 Å². The van der Waals surface area contributed by atoms with Crippen LogP contribution >= 0.6 is 15.9 Å². The summed E-state index contributed by atoms with van der Waals surface area (Å²) in [6.07, 6.45) is -4.73. The van der Waals surface area contributed by atoms with Crippen LogP contribution in [0.3, 0.4) is 0 Å². The molecule has 0 aliphatic heterocycles. The number of hydrogen-bond acceptors (Lipinski definition) is 3. The molecule has 0 unspecified atom stereocenters. The zero-order valence-electron chi connectivity index (χ0n) is 12.8. The highest BCUT2D eigenvalue weighted by atomic mass is 79.9. The van der Waals surface area contributed by atoms with E-state index in [0.29, 0.717) is 10.2 Å². The molecule has 1 aromatic carbocycles. The first-order valence-corrected chi connectivity index (χ1v) is 7.46. The SMILES string of the molecule is Cc1ccc(NC(=O)c2nn(C)c(C(F)(F)F)c2Br)c(OC(F)F)c1. The van der Waals surface area contributed by atoms with Gasteiger partial charge in [0.05, 0.1) is 10.2 Å². The van der Waals surface area contributed by atoms with E-state index in [0.717, 1.165) is 7.05 Å². The quantitative estimate of drug-likeness (QED) is 0.737. The van der Waals surface area contributed by atoms with Crippen LogP contribution in [0, 0.1) is 6.92 Å². The molecule has 11 heteroatoms. The Bertz CT molecular complexity index is 804. The second-order valence-corrected chi connectivity index (χ2v) is 5.76. The van der Waals surface area contributed by atoms with Crippen LogP contribution in [0.5, 0.6) is 5.75 Å². The number of alkyl halides is 5. The van der Waals surface area contributed by atoms with Crippen molar-refractivity contribution in [1.82, 2.24) is 9.78 Å². The Hall–Kier alpha value is -2.17. The molecule has 5 nitrogen and oxygen atoms in total. The lowest BCUT2D eigenvalue weighted by Crippen LogP contribution is -2.15. The monoisotopic (exact) mass is 427 g/mol. The van der Waals surface area contributed by atoms with Gasteiger partial charge in [0.15, 0.2) is 11.4 Å². The Morgan fingerprint density at radius 1 is 1.36 bits per heavy atom. The molecule has 0 saturated heterocycles. The Morgan fingerprint density at radius 3 is 2.52 bits per heavy atom. The van der Waals surface area contributed by atoms with Crippen LogP contribution in [-0.2, 0) is 13.2 Å². The molecule has 2 aromatic rings. The summed E-state index contributed by atoms with van der Waals surface area (Å²) >= 11 is 2.71. The highest BCUT2D eigenvalue weighted by molar-refractivity contribution is 9.10. The largest absolute Gasteiger partial charge is 0.434 e. The summed E-state index contributed by atoms with van der Waals surface area (Å²) in [6, 6.07) is 4.07. The topological polar surface area (TPSA) is 56.2 Å². The Balaban J connectivity index is 2.36. The van der Waals surface area contributed by atoms with Gasteiger partial charge in [-0.05, 0) is 40.5 Å². The highest BCUT2D eigenvalue weighted by Crippen LogP contribution is 2.36. The van der Waals surface area contributed by atoms with Gasteiger partial charge in [0.2, 0.25) is 0 Å². The van der Waals surface area contributed by atoms with Crippen LogP contribution in [0.15, 0.2) is 22.7 Å². The number of hydrogen-bond donors (Lipinski definition) is 1. The van der Waals surface area contributed by atoms with Crippen molar-refractivity contribution in [3.05, 3.63) is 39.6 Å². The highest BCUT2D eigenvalue weighted by Gasteiger charge is 2.39. The van der Waals surface area contributed by atoms with Crippen molar-refractivity contribution in [3.8, 4) is 5.75 Å². The molecule has 25 heavy (non-hydrogen) atoms. The lowest BCUT2D eigenvalue weighted by atomic mass is 10.2. The summed E-state index contributed by atoms with van der Waals surface area (Å²) in [5.41, 5.74) is -1.22. The lowest BCUT2D eigenvalue weighted by molar-refractivity contribution is -0.144. The third-order valence-corrected chi connectivity index (χ3v) is 3.83. The minimum absolute atomic E-state index is 0.123. The van der Waals surface area contributed by atoms with Crippen molar-refractivity contribution in [3.63, 3.8) is 0 Å². The van der Waals surface area contributed by atoms with Gasteiger partial charge in [0, 0.05) is 7.05 Å². The summed E-state index contributed by atoms with van der Waals surface area (Å²) < 4.78 is 68.0. The summed E-state index contributed by atoms with van der Waals surface area (Å²) in [7, 11) is 1.03. The molecule has 1 heterocycles. The fraction of sp³-hybridized carbons (Fsp3) is 0.286. The van der Waals surface area contributed by atoms with E-state index in [1.165, 1.54) is 18.2 Å². The minimum atomic E-state index is -4.73. The van der Waals surface area contributed by atoms with Gasteiger partial charge in [0.1, 0.15) is 5.75 Å². The Labute approximate surface area is 146 Å². The van der Waals surface area contributed by atoms with Gasteiger partial charge in [-0.3, -0.25) is 9.48 Å². The zero-order valence-corrected chi connectivity index (χ0v) is 14.4. The molecule has 0 bridgehead atoms. The Morgan fingerprint density at radius 2 is 2.00 bits per heavy atom.